The maximum absolute atomic E-state index is 12.3. The molecule has 2 heteroatoms. The quantitative estimate of drug-likeness (QED) is 0.747. The number of hydrogen-bond acceptors (Lipinski definition) is 2. The van der Waals surface area contributed by atoms with Crippen molar-refractivity contribution in [3.63, 3.8) is 0 Å². The van der Waals surface area contributed by atoms with Gasteiger partial charge in [-0.15, -0.1) is 11.8 Å². The van der Waals surface area contributed by atoms with E-state index < -0.39 is 0 Å². The molecule has 2 aromatic carbocycles. The van der Waals surface area contributed by atoms with Crippen molar-refractivity contribution in [2.24, 2.45) is 0 Å². The first-order valence-corrected chi connectivity index (χ1v) is 7.02. The van der Waals surface area contributed by atoms with Crippen LogP contribution >= 0.6 is 11.8 Å². The van der Waals surface area contributed by atoms with Crippen LogP contribution in [0.1, 0.15) is 21.5 Å². The summed E-state index contributed by atoms with van der Waals surface area (Å²) in [5.74, 6) is 0.129. The molecular formula is C16H12OS. The SMILES string of the molecule is CSc1ccc2c(c1)C=C(c1ccccc1)C2=O. The van der Waals surface area contributed by atoms with Crippen molar-refractivity contribution in [1.82, 2.24) is 0 Å². The van der Waals surface area contributed by atoms with Gasteiger partial charge in [0.15, 0.2) is 5.78 Å². The fourth-order valence-electron chi connectivity index (χ4n) is 2.19. The highest BCUT2D eigenvalue weighted by Crippen LogP contribution is 2.33. The molecule has 1 aliphatic carbocycles. The minimum Gasteiger partial charge on any atom is -0.289 e. The molecule has 0 bridgehead atoms. The van der Waals surface area contributed by atoms with Gasteiger partial charge in [-0.3, -0.25) is 4.79 Å². The van der Waals surface area contributed by atoms with Gasteiger partial charge in [-0.25, -0.2) is 0 Å². The Morgan fingerprint density at radius 3 is 2.50 bits per heavy atom. The molecular weight excluding hydrogens is 240 g/mol. The van der Waals surface area contributed by atoms with Crippen LogP contribution in [0.2, 0.25) is 0 Å². The lowest BCUT2D eigenvalue weighted by Crippen LogP contribution is -1.97. The zero-order chi connectivity index (χ0) is 12.5. The van der Waals surface area contributed by atoms with E-state index in [9.17, 15) is 4.79 Å². The standard InChI is InChI=1S/C16H12OS/c1-18-13-7-8-14-12(9-13)10-15(16(14)17)11-5-3-2-4-6-11/h2-10H,1H3. The lowest BCUT2D eigenvalue weighted by atomic mass is 10.0. The van der Waals surface area contributed by atoms with Crippen LogP contribution in [-0.4, -0.2) is 12.0 Å². The molecule has 0 unspecified atom stereocenters. The van der Waals surface area contributed by atoms with Crippen molar-refractivity contribution in [2.45, 2.75) is 4.90 Å². The van der Waals surface area contributed by atoms with Gasteiger partial charge in [0.1, 0.15) is 0 Å². The summed E-state index contributed by atoms with van der Waals surface area (Å²) in [6, 6.07) is 15.8. The van der Waals surface area contributed by atoms with Gasteiger partial charge in [0, 0.05) is 16.0 Å². The van der Waals surface area contributed by atoms with Crippen LogP contribution in [0.15, 0.2) is 53.4 Å². The topological polar surface area (TPSA) is 17.1 Å². The van der Waals surface area contributed by atoms with Gasteiger partial charge in [-0.2, -0.15) is 0 Å². The third-order valence-corrected chi connectivity index (χ3v) is 3.86. The number of carbonyl (C=O) groups is 1. The Hall–Kier alpha value is -1.80. The molecule has 0 saturated carbocycles. The van der Waals surface area contributed by atoms with Crippen molar-refractivity contribution < 1.29 is 4.79 Å². The second-order valence-electron chi connectivity index (χ2n) is 4.21. The molecule has 88 valence electrons. The normalized spacial score (nSPS) is 13.4. The van der Waals surface area contributed by atoms with Crippen molar-refractivity contribution >= 4 is 29.2 Å². The Morgan fingerprint density at radius 2 is 1.78 bits per heavy atom. The van der Waals surface area contributed by atoms with E-state index in [1.165, 1.54) is 4.90 Å². The molecule has 0 aromatic heterocycles. The van der Waals surface area contributed by atoms with E-state index in [-0.39, 0.29) is 5.78 Å². The molecule has 1 nitrogen and oxygen atoms in total. The molecule has 0 spiro atoms. The third-order valence-electron chi connectivity index (χ3n) is 3.13. The smallest absolute Gasteiger partial charge is 0.194 e. The van der Waals surface area contributed by atoms with Crippen LogP contribution in [0.25, 0.3) is 11.6 Å². The summed E-state index contributed by atoms with van der Waals surface area (Å²) in [5, 5.41) is 0. The summed E-state index contributed by atoms with van der Waals surface area (Å²) < 4.78 is 0. The zero-order valence-corrected chi connectivity index (χ0v) is 10.8. The van der Waals surface area contributed by atoms with E-state index in [4.69, 9.17) is 0 Å². The van der Waals surface area contributed by atoms with Gasteiger partial charge in [0.2, 0.25) is 0 Å². The van der Waals surface area contributed by atoms with Gasteiger partial charge in [-0.1, -0.05) is 30.3 Å². The molecule has 0 heterocycles. The number of fused-ring (bicyclic) bond motifs is 1. The fourth-order valence-corrected chi connectivity index (χ4v) is 2.64. The highest BCUT2D eigenvalue weighted by atomic mass is 32.2. The summed E-state index contributed by atoms with van der Waals surface area (Å²) in [5.41, 5.74) is 3.63. The summed E-state index contributed by atoms with van der Waals surface area (Å²) in [6.07, 6.45) is 4.03. The van der Waals surface area contributed by atoms with E-state index in [1.54, 1.807) is 11.8 Å². The molecule has 0 aliphatic heterocycles. The maximum atomic E-state index is 12.3. The summed E-state index contributed by atoms with van der Waals surface area (Å²) in [7, 11) is 0. The molecule has 0 radical (unpaired) electrons. The van der Waals surface area contributed by atoms with E-state index in [0.717, 1.165) is 22.3 Å². The average molecular weight is 252 g/mol. The van der Waals surface area contributed by atoms with Crippen LogP contribution in [-0.2, 0) is 0 Å². The lowest BCUT2D eigenvalue weighted by molar-refractivity contribution is 0.105. The molecule has 3 rings (SSSR count). The number of benzene rings is 2. The zero-order valence-electron chi connectivity index (χ0n) is 10.0. The van der Waals surface area contributed by atoms with Gasteiger partial charge in [-0.05, 0) is 41.7 Å². The number of hydrogen-bond donors (Lipinski definition) is 0. The predicted molar refractivity (Wildman–Crippen MR) is 76.9 cm³/mol. The number of thioether (sulfide) groups is 1. The van der Waals surface area contributed by atoms with Crippen molar-refractivity contribution in [2.75, 3.05) is 6.26 Å². The Balaban J connectivity index is 2.09. The monoisotopic (exact) mass is 252 g/mol. The Kier molecular flexibility index (Phi) is 2.80. The number of ketones is 1. The highest BCUT2D eigenvalue weighted by molar-refractivity contribution is 7.98. The first-order valence-electron chi connectivity index (χ1n) is 5.79. The van der Waals surface area contributed by atoms with E-state index >= 15 is 0 Å². The first-order chi connectivity index (χ1) is 8.79. The second kappa shape index (κ2) is 4.46. The molecule has 1 aliphatic rings. The molecule has 0 fully saturated rings. The van der Waals surface area contributed by atoms with Gasteiger partial charge in [0.05, 0.1) is 0 Å². The Labute approximate surface area is 111 Å². The van der Waals surface area contributed by atoms with Crippen molar-refractivity contribution in [3.05, 3.63) is 65.2 Å². The summed E-state index contributed by atoms with van der Waals surface area (Å²) in [4.78, 5) is 13.5. The third kappa shape index (κ3) is 1.79. The molecule has 0 atom stereocenters. The lowest BCUT2D eigenvalue weighted by Gasteiger charge is -2.01. The first kappa shape index (κ1) is 11.3. The molecule has 18 heavy (non-hydrogen) atoms. The molecule has 0 N–H and O–H groups in total. The average Bonchev–Trinajstić information content (AvgIpc) is 2.76. The van der Waals surface area contributed by atoms with Crippen LogP contribution in [0.5, 0.6) is 0 Å². The van der Waals surface area contributed by atoms with Crippen LogP contribution in [0.3, 0.4) is 0 Å². The predicted octanol–water partition coefficient (Wildman–Crippen LogP) is 4.15. The largest absolute Gasteiger partial charge is 0.289 e. The number of allylic oxidation sites excluding steroid dienone is 1. The fraction of sp³-hybridized carbons (Fsp3) is 0.0625. The number of carbonyl (C=O) groups excluding carboxylic acids is 1. The summed E-state index contributed by atoms with van der Waals surface area (Å²) in [6.45, 7) is 0. The Morgan fingerprint density at radius 1 is 1.00 bits per heavy atom. The van der Waals surface area contributed by atoms with Gasteiger partial charge < -0.3 is 0 Å². The molecule has 0 amide bonds. The van der Waals surface area contributed by atoms with Crippen molar-refractivity contribution in [1.29, 1.82) is 0 Å². The van der Waals surface area contributed by atoms with E-state index in [1.807, 2.05) is 54.8 Å². The van der Waals surface area contributed by atoms with E-state index in [0.29, 0.717) is 0 Å². The van der Waals surface area contributed by atoms with Crippen LogP contribution in [0.4, 0.5) is 0 Å². The van der Waals surface area contributed by atoms with Crippen molar-refractivity contribution in [3.8, 4) is 0 Å². The molecule has 0 saturated heterocycles. The minimum absolute atomic E-state index is 0.129. The summed E-state index contributed by atoms with van der Waals surface area (Å²) >= 11 is 1.69. The van der Waals surface area contributed by atoms with Gasteiger partial charge >= 0.3 is 0 Å². The Bertz CT molecular complexity index is 641. The van der Waals surface area contributed by atoms with Crippen LogP contribution in [0, 0.1) is 0 Å². The number of rotatable bonds is 2. The number of Topliss-reactive ketones (excluding diaryl/α,β-unsaturated/α-hetero) is 1. The minimum atomic E-state index is 0.129. The maximum Gasteiger partial charge on any atom is 0.194 e. The van der Waals surface area contributed by atoms with Crippen LogP contribution < -0.4 is 0 Å². The van der Waals surface area contributed by atoms with E-state index in [2.05, 4.69) is 6.07 Å². The second-order valence-corrected chi connectivity index (χ2v) is 5.09. The molecule has 2 aromatic rings. The highest BCUT2D eigenvalue weighted by Gasteiger charge is 2.23. The van der Waals surface area contributed by atoms with Gasteiger partial charge in [0.25, 0.3) is 0 Å².